The highest BCUT2D eigenvalue weighted by atomic mass is 32.2. The van der Waals surface area contributed by atoms with E-state index in [1.807, 2.05) is 0 Å². The molecule has 0 spiro atoms. The Morgan fingerprint density at radius 1 is 1.14 bits per heavy atom. The zero-order chi connectivity index (χ0) is 20.1. The maximum absolute atomic E-state index is 13.2. The van der Waals surface area contributed by atoms with Gasteiger partial charge in [0, 0.05) is 13.1 Å². The lowest BCUT2D eigenvalue weighted by molar-refractivity contribution is -0.547. The fraction of sp³-hybridized carbons (Fsp3) is 0.278. The highest BCUT2D eigenvalue weighted by Crippen LogP contribution is 2.34. The molecule has 0 aromatic heterocycles. The third-order valence-electron chi connectivity index (χ3n) is 4.34. The van der Waals surface area contributed by atoms with E-state index in [1.165, 1.54) is 28.4 Å². The maximum atomic E-state index is 13.2. The number of nitrogens with zero attached hydrogens (tertiary/aromatic N) is 4. The van der Waals surface area contributed by atoms with Gasteiger partial charge in [-0.15, -0.1) is 0 Å². The van der Waals surface area contributed by atoms with Gasteiger partial charge in [0.15, 0.2) is 5.28 Å². The van der Waals surface area contributed by atoms with Gasteiger partial charge in [-0.05, 0) is 22.6 Å². The lowest BCUT2D eigenvalue weighted by Gasteiger charge is -2.29. The zero-order valence-electron chi connectivity index (χ0n) is 15.2. The highest BCUT2D eigenvalue weighted by molar-refractivity contribution is 7.89. The number of sulfonamides is 1. The van der Waals surface area contributed by atoms with Gasteiger partial charge in [0.1, 0.15) is 13.3 Å². The molecule has 1 atom stereocenters. The van der Waals surface area contributed by atoms with E-state index >= 15 is 0 Å². The van der Waals surface area contributed by atoms with Gasteiger partial charge in [-0.3, -0.25) is 4.79 Å². The molecule has 0 N–H and O–H groups in total. The van der Waals surface area contributed by atoms with Gasteiger partial charge in [-0.25, -0.2) is 8.42 Å². The van der Waals surface area contributed by atoms with Crippen molar-refractivity contribution in [2.75, 3.05) is 26.7 Å². The first-order valence-corrected chi connectivity index (χ1v) is 9.99. The minimum atomic E-state index is -3.84. The van der Waals surface area contributed by atoms with Crippen molar-refractivity contribution < 1.29 is 22.9 Å². The first-order valence-electron chi connectivity index (χ1n) is 8.55. The molecule has 9 nitrogen and oxygen atoms in total. The molecule has 0 saturated carbocycles. The van der Waals surface area contributed by atoms with Crippen LogP contribution in [0.1, 0.15) is 11.7 Å². The smallest absolute Gasteiger partial charge is 0.293 e. The summed E-state index contributed by atoms with van der Waals surface area (Å²) in [7, 11) is -2.64. The van der Waals surface area contributed by atoms with Gasteiger partial charge in [0.25, 0.3) is 12.5 Å². The van der Waals surface area contributed by atoms with Crippen molar-refractivity contribution in [3.05, 3.63) is 71.4 Å². The quantitative estimate of drug-likeness (QED) is 0.414. The minimum absolute atomic E-state index is 0.114. The molecule has 1 heterocycles. The van der Waals surface area contributed by atoms with E-state index < -0.39 is 28.6 Å². The number of hydrogen-bond acceptors (Lipinski definition) is 6. The Bertz CT molecular complexity index is 950. The van der Waals surface area contributed by atoms with E-state index in [-0.39, 0.29) is 22.8 Å². The maximum Gasteiger partial charge on any atom is 0.293 e. The lowest BCUT2D eigenvalue weighted by Crippen LogP contribution is -2.40. The van der Waals surface area contributed by atoms with Crippen LogP contribution < -0.4 is 0 Å². The van der Waals surface area contributed by atoms with Crippen molar-refractivity contribution in [1.82, 2.24) is 9.21 Å². The van der Waals surface area contributed by atoms with Crippen LogP contribution in [0.4, 0.5) is 0 Å². The summed E-state index contributed by atoms with van der Waals surface area (Å²) >= 11 is 0. The fourth-order valence-electron chi connectivity index (χ4n) is 3.14. The van der Waals surface area contributed by atoms with Crippen LogP contribution in [0.3, 0.4) is 0 Å². The number of hydrogen-bond donors (Lipinski definition) is 0. The Morgan fingerprint density at radius 2 is 1.75 bits per heavy atom. The Morgan fingerprint density at radius 3 is 2.36 bits per heavy atom. The molecule has 1 unspecified atom stereocenters. The average Bonchev–Trinajstić information content (AvgIpc) is 3.15. The second-order valence-electron chi connectivity index (χ2n) is 6.07. The summed E-state index contributed by atoms with van der Waals surface area (Å²) in [6, 6.07) is 16.9. The summed E-state index contributed by atoms with van der Waals surface area (Å²) in [6.45, 7) is -0.301. The number of carbonyl (C=O) groups is 1. The molecule has 28 heavy (non-hydrogen) atoms. The van der Waals surface area contributed by atoms with Crippen molar-refractivity contribution in [2.45, 2.75) is 11.1 Å². The Kier molecular flexibility index (Phi) is 5.90. The standard InChI is InChI=1S/C18H20N4O5S/c1-27-19-22(24)14-17(23)20-12-13-21(18(20)15-8-4-2-5-9-15)28(25,26)16-10-6-3-7-11-16/h2-11,18H,12-14H2,1H3/b22-19-. The molecule has 1 saturated heterocycles. The van der Waals surface area contributed by atoms with Crippen molar-refractivity contribution in [3.63, 3.8) is 0 Å². The number of rotatable bonds is 6. The van der Waals surface area contributed by atoms with Crippen molar-refractivity contribution in [1.29, 1.82) is 0 Å². The van der Waals surface area contributed by atoms with E-state index in [9.17, 15) is 18.4 Å². The Balaban J connectivity index is 1.98. The first kappa shape index (κ1) is 19.8. The highest BCUT2D eigenvalue weighted by Gasteiger charge is 2.43. The van der Waals surface area contributed by atoms with Crippen molar-refractivity contribution in [3.8, 4) is 0 Å². The van der Waals surface area contributed by atoms with Crippen LogP contribution in [-0.2, 0) is 19.7 Å². The molecule has 148 valence electrons. The number of hydroxylamine groups is 1. The summed E-state index contributed by atoms with van der Waals surface area (Å²) in [5, 5.41) is 14.7. The van der Waals surface area contributed by atoms with E-state index in [0.29, 0.717) is 5.56 Å². The fourth-order valence-corrected chi connectivity index (χ4v) is 4.74. The molecule has 2 aromatic carbocycles. The van der Waals surface area contributed by atoms with Crippen LogP contribution >= 0.6 is 0 Å². The average molecular weight is 404 g/mol. The molecule has 3 rings (SSSR count). The van der Waals surface area contributed by atoms with Crippen LogP contribution in [0, 0.1) is 5.21 Å². The molecular formula is C18H20N4O5S. The van der Waals surface area contributed by atoms with Crippen LogP contribution in [-0.4, -0.2) is 55.1 Å². The second kappa shape index (κ2) is 8.36. The number of carbonyl (C=O) groups excluding carboxylic acids is 1. The second-order valence-corrected chi connectivity index (χ2v) is 7.97. The minimum Gasteiger partial charge on any atom is -0.597 e. The third kappa shape index (κ3) is 3.97. The summed E-state index contributed by atoms with van der Waals surface area (Å²) in [6.07, 6.45) is -0.852. The lowest BCUT2D eigenvalue weighted by atomic mass is 10.1. The molecule has 1 amide bonds. The molecule has 10 heteroatoms. The molecule has 0 bridgehead atoms. The van der Waals surface area contributed by atoms with E-state index in [2.05, 4.69) is 10.1 Å². The Hall–Kier alpha value is -2.98. The van der Waals surface area contributed by atoms with Gasteiger partial charge < -0.3 is 14.9 Å². The van der Waals surface area contributed by atoms with E-state index in [0.717, 1.165) is 0 Å². The summed E-state index contributed by atoms with van der Waals surface area (Å²) in [4.78, 5) is 18.7. The van der Waals surface area contributed by atoms with E-state index in [1.54, 1.807) is 48.5 Å². The van der Waals surface area contributed by atoms with Gasteiger partial charge in [-0.1, -0.05) is 48.5 Å². The first-order chi connectivity index (χ1) is 13.4. The number of benzene rings is 2. The third-order valence-corrected chi connectivity index (χ3v) is 6.21. The molecule has 0 aliphatic carbocycles. The van der Waals surface area contributed by atoms with Crippen molar-refractivity contribution in [2.24, 2.45) is 5.28 Å². The van der Waals surface area contributed by atoms with Gasteiger partial charge in [0.05, 0.1) is 4.90 Å². The van der Waals surface area contributed by atoms with Crippen LogP contribution in [0.15, 0.2) is 70.8 Å². The van der Waals surface area contributed by atoms with Gasteiger partial charge >= 0.3 is 0 Å². The summed E-state index contributed by atoms with van der Waals surface area (Å²) < 4.78 is 27.7. The van der Waals surface area contributed by atoms with Crippen molar-refractivity contribution >= 4 is 15.9 Å². The molecule has 0 radical (unpaired) electrons. The molecule has 1 aliphatic heterocycles. The summed E-state index contributed by atoms with van der Waals surface area (Å²) in [5.74, 6) is -0.546. The SMILES string of the molecule is CO/N=[N+](\[O-])CC(=O)N1CCN(S(=O)(=O)c2ccccc2)C1c1ccccc1. The van der Waals surface area contributed by atoms with E-state index in [4.69, 9.17) is 0 Å². The normalized spacial score (nSPS) is 18.2. The predicted molar refractivity (Wildman–Crippen MR) is 99.2 cm³/mol. The largest absolute Gasteiger partial charge is 0.597 e. The summed E-state index contributed by atoms with van der Waals surface area (Å²) in [5.41, 5.74) is 0.633. The van der Waals surface area contributed by atoms with Crippen LogP contribution in [0.2, 0.25) is 0 Å². The molecule has 2 aromatic rings. The topological polar surface area (TPSA) is 105 Å². The molecular weight excluding hydrogens is 384 g/mol. The van der Waals surface area contributed by atoms with Crippen LogP contribution in [0.25, 0.3) is 0 Å². The van der Waals surface area contributed by atoms with Gasteiger partial charge in [-0.2, -0.15) is 4.31 Å². The van der Waals surface area contributed by atoms with Gasteiger partial charge in [0.2, 0.25) is 10.0 Å². The molecule has 1 aliphatic rings. The predicted octanol–water partition coefficient (Wildman–Crippen LogP) is 1.74. The van der Waals surface area contributed by atoms with Crippen LogP contribution in [0.5, 0.6) is 0 Å². The molecule has 1 fully saturated rings. The zero-order valence-corrected chi connectivity index (χ0v) is 16.0. The monoisotopic (exact) mass is 404 g/mol. The Labute approximate surface area is 163 Å². The number of amides is 1.